The highest BCUT2D eigenvalue weighted by atomic mass is 32.2. The SMILES string of the molecule is CSCC[C@@H](CO)NC(=O)c1ccccc1S(=O)(=O)NCc1ccccc1. The molecule has 2 rings (SSSR count). The van der Waals surface area contributed by atoms with Crippen LogP contribution in [-0.2, 0) is 16.6 Å². The fourth-order valence-electron chi connectivity index (χ4n) is 2.47. The molecule has 0 bridgehead atoms. The van der Waals surface area contributed by atoms with E-state index in [1.807, 2.05) is 36.6 Å². The van der Waals surface area contributed by atoms with Crippen molar-refractivity contribution in [2.45, 2.75) is 23.9 Å². The van der Waals surface area contributed by atoms with Gasteiger partial charge >= 0.3 is 0 Å². The summed E-state index contributed by atoms with van der Waals surface area (Å²) in [6, 6.07) is 14.8. The molecule has 0 fully saturated rings. The lowest BCUT2D eigenvalue weighted by atomic mass is 10.1. The molecule has 8 heteroatoms. The maximum Gasteiger partial charge on any atom is 0.252 e. The minimum absolute atomic E-state index is 0.0562. The van der Waals surface area contributed by atoms with Crippen LogP contribution in [0.1, 0.15) is 22.3 Å². The van der Waals surface area contributed by atoms with Crippen LogP contribution >= 0.6 is 11.8 Å². The summed E-state index contributed by atoms with van der Waals surface area (Å²) in [5.41, 5.74) is 0.876. The zero-order valence-electron chi connectivity index (χ0n) is 15.1. The van der Waals surface area contributed by atoms with Crippen molar-refractivity contribution in [2.24, 2.45) is 0 Å². The van der Waals surface area contributed by atoms with Gasteiger partial charge in [-0.05, 0) is 36.1 Å². The third-order valence-corrected chi connectivity index (χ3v) is 6.06. The summed E-state index contributed by atoms with van der Waals surface area (Å²) in [5.74, 6) is 0.264. The second-order valence-corrected chi connectivity index (χ2v) is 8.66. The average Bonchev–Trinajstić information content (AvgIpc) is 2.70. The number of sulfonamides is 1. The summed E-state index contributed by atoms with van der Waals surface area (Å²) in [6.07, 6.45) is 2.54. The molecule has 3 N–H and O–H groups in total. The topological polar surface area (TPSA) is 95.5 Å². The molecule has 0 aliphatic carbocycles. The summed E-state index contributed by atoms with van der Waals surface area (Å²) in [6.45, 7) is -0.0699. The van der Waals surface area contributed by atoms with Crippen LogP contribution < -0.4 is 10.0 Å². The molecule has 0 aromatic heterocycles. The van der Waals surface area contributed by atoms with Crippen LogP contribution in [0.15, 0.2) is 59.5 Å². The molecular formula is C19H24N2O4S2. The van der Waals surface area contributed by atoms with Crippen molar-refractivity contribution in [1.29, 1.82) is 0 Å². The number of benzene rings is 2. The highest BCUT2D eigenvalue weighted by Gasteiger charge is 2.23. The number of nitrogens with one attached hydrogen (secondary N) is 2. The first-order valence-corrected chi connectivity index (χ1v) is 11.4. The van der Waals surface area contributed by atoms with Crippen molar-refractivity contribution >= 4 is 27.7 Å². The predicted octanol–water partition coefficient (Wildman–Crippen LogP) is 2.01. The molecule has 1 atom stereocenters. The van der Waals surface area contributed by atoms with E-state index in [0.29, 0.717) is 6.42 Å². The number of aliphatic hydroxyl groups excluding tert-OH is 1. The molecule has 0 unspecified atom stereocenters. The smallest absolute Gasteiger partial charge is 0.252 e. The normalized spacial score (nSPS) is 12.5. The summed E-state index contributed by atoms with van der Waals surface area (Å²) in [7, 11) is -3.87. The van der Waals surface area contributed by atoms with E-state index in [2.05, 4.69) is 10.0 Å². The van der Waals surface area contributed by atoms with Crippen molar-refractivity contribution in [3.8, 4) is 0 Å². The Morgan fingerprint density at radius 1 is 1.11 bits per heavy atom. The minimum Gasteiger partial charge on any atom is -0.394 e. The molecule has 1 amide bonds. The predicted molar refractivity (Wildman–Crippen MR) is 108 cm³/mol. The van der Waals surface area contributed by atoms with Crippen molar-refractivity contribution in [3.63, 3.8) is 0 Å². The fourth-order valence-corrected chi connectivity index (χ4v) is 4.21. The van der Waals surface area contributed by atoms with E-state index < -0.39 is 22.0 Å². The largest absolute Gasteiger partial charge is 0.394 e. The summed E-state index contributed by atoms with van der Waals surface area (Å²) in [4.78, 5) is 12.5. The van der Waals surface area contributed by atoms with E-state index in [9.17, 15) is 18.3 Å². The van der Waals surface area contributed by atoms with E-state index in [1.54, 1.807) is 23.9 Å². The molecule has 6 nitrogen and oxygen atoms in total. The lowest BCUT2D eigenvalue weighted by Gasteiger charge is -2.17. The monoisotopic (exact) mass is 408 g/mol. The molecule has 0 radical (unpaired) electrons. The fraction of sp³-hybridized carbons (Fsp3) is 0.316. The maximum absolute atomic E-state index is 12.7. The Hall–Kier alpha value is -1.87. The zero-order valence-corrected chi connectivity index (χ0v) is 16.7. The van der Waals surface area contributed by atoms with E-state index in [4.69, 9.17) is 0 Å². The first-order valence-electron chi connectivity index (χ1n) is 8.51. The second kappa shape index (κ2) is 10.5. The Kier molecular flexibility index (Phi) is 8.30. The quantitative estimate of drug-likeness (QED) is 0.559. The third kappa shape index (κ3) is 6.35. The molecule has 0 spiro atoms. The number of carbonyl (C=O) groups is 1. The van der Waals surface area contributed by atoms with Gasteiger partial charge < -0.3 is 10.4 Å². The first kappa shape index (κ1) is 21.4. The molecule has 27 heavy (non-hydrogen) atoms. The summed E-state index contributed by atoms with van der Waals surface area (Å²) < 4.78 is 28.0. The van der Waals surface area contributed by atoms with Gasteiger partial charge in [-0.2, -0.15) is 11.8 Å². The molecule has 0 saturated carbocycles. The minimum atomic E-state index is -3.87. The Bertz CT molecular complexity index is 842. The van der Waals surface area contributed by atoms with Gasteiger partial charge in [0.2, 0.25) is 10.0 Å². The van der Waals surface area contributed by atoms with Gasteiger partial charge in [0.05, 0.1) is 23.1 Å². The van der Waals surface area contributed by atoms with E-state index in [-0.39, 0.29) is 23.6 Å². The number of aliphatic hydroxyl groups is 1. The third-order valence-electron chi connectivity index (χ3n) is 3.96. The summed E-state index contributed by atoms with van der Waals surface area (Å²) in [5, 5.41) is 12.1. The lowest BCUT2D eigenvalue weighted by molar-refractivity contribution is 0.0912. The van der Waals surface area contributed by atoms with Gasteiger partial charge in [0.25, 0.3) is 5.91 Å². The molecule has 2 aromatic carbocycles. The van der Waals surface area contributed by atoms with Gasteiger partial charge in [-0.25, -0.2) is 13.1 Å². The van der Waals surface area contributed by atoms with E-state index >= 15 is 0 Å². The van der Waals surface area contributed by atoms with Crippen LogP contribution in [0.25, 0.3) is 0 Å². The number of hydrogen-bond acceptors (Lipinski definition) is 5. The van der Waals surface area contributed by atoms with Crippen LogP contribution in [0, 0.1) is 0 Å². The molecule has 2 aromatic rings. The van der Waals surface area contributed by atoms with Crippen LogP contribution in [0.3, 0.4) is 0 Å². The molecule has 0 aliphatic heterocycles. The van der Waals surface area contributed by atoms with Gasteiger partial charge in [0.1, 0.15) is 0 Å². The van der Waals surface area contributed by atoms with Crippen molar-refractivity contribution < 1.29 is 18.3 Å². The number of hydrogen-bond donors (Lipinski definition) is 3. The van der Waals surface area contributed by atoms with Gasteiger partial charge in [0.15, 0.2) is 0 Å². The van der Waals surface area contributed by atoms with Gasteiger partial charge in [-0.1, -0.05) is 42.5 Å². The lowest BCUT2D eigenvalue weighted by Crippen LogP contribution is -2.39. The highest BCUT2D eigenvalue weighted by Crippen LogP contribution is 2.16. The Morgan fingerprint density at radius 3 is 2.44 bits per heavy atom. The first-order chi connectivity index (χ1) is 13.0. The van der Waals surface area contributed by atoms with E-state index in [1.165, 1.54) is 12.1 Å². The number of rotatable bonds is 10. The number of amides is 1. The molecule has 0 saturated heterocycles. The zero-order chi connectivity index (χ0) is 19.7. The molecule has 0 aliphatic rings. The van der Waals surface area contributed by atoms with Crippen LogP contribution in [0.2, 0.25) is 0 Å². The molecular weight excluding hydrogens is 384 g/mol. The average molecular weight is 409 g/mol. The summed E-state index contributed by atoms with van der Waals surface area (Å²) >= 11 is 1.61. The van der Waals surface area contributed by atoms with Crippen LogP contribution in [-0.4, -0.2) is 44.1 Å². The molecule has 0 heterocycles. The van der Waals surface area contributed by atoms with E-state index in [0.717, 1.165) is 11.3 Å². The van der Waals surface area contributed by atoms with Gasteiger partial charge in [-0.3, -0.25) is 4.79 Å². The van der Waals surface area contributed by atoms with Gasteiger partial charge in [-0.15, -0.1) is 0 Å². The van der Waals surface area contributed by atoms with Crippen molar-refractivity contribution in [2.75, 3.05) is 18.6 Å². The van der Waals surface area contributed by atoms with Crippen molar-refractivity contribution in [1.82, 2.24) is 10.0 Å². The Labute approximate surface area is 164 Å². The maximum atomic E-state index is 12.7. The highest BCUT2D eigenvalue weighted by molar-refractivity contribution is 7.98. The number of thioether (sulfide) groups is 1. The van der Waals surface area contributed by atoms with Gasteiger partial charge in [0, 0.05) is 6.54 Å². The molecule has 146 valence electrons. The van der Waals surface area contributed by atoms with Crippen LogP contribution in [0.4, 0.5) is 0 Å². The van der Waals surface area contributed by atoms with Crippen molar-refractivity contribution in [3.05, 3.63) is 65.7 Å². The second-order valence-electron chi connectivity index (χ2n) is 5.94. The Morgan fingerprint density at radius 2 is 1.78 bits per heavy atom. The van der Waals surface area contributed by atoms with Crippen LogP contribution in [0.5, 0.6) is 0 Å². The standard InChI is InChI=1S/C19H24N2O4S2/c1-26-12-11-16(14-22)21-19(23)17-9-5-6-10-18(17)27(24,25)20-13-15-7-3-2-4-8-15/h2-10,16,20,22H,11-14H2,1H3,(H,21,23)/t16-/m0/s1. The Balaban J connectivity index is 2.16. The number of carbonyl (C=O) groups excluding carboxylic acids is 1.